The Morgan fingerprint density at radius 2 is 1.30 bits per heavy atom. The predicted molar refractivity (Wildman–Crippen MR) is 182 cm³/mol. The molecule has 0 atom stereocenters. The molecule has 0 aliphatic carbocycles. The van der Waals surface area contributed by atoms with E-state index in [1.54, 1.807) is 4.90 Å². The minimum absolute atomic E-state index is 0.0568. The van der Waals surface area contributed by atoms with Gasteiger partial charge in [0.25, 0.3) is 5.91 Å². The SMILES string of the molecule is O=C1/C(=C\c2c(OCc3cccc4ccccc34)ccc3ccccc23)SC(=NCc2ccccc2)N1Cc1ccccc1. The average molecular weight is 591 g/mol. The third-order valence-corrected chi connectivity index (χ3v) is 8.82. The van der Waals surface area contributed by atoms with E-state index in [-0.39, 0.29) is 5.91 Å². The van der Waals surface area contributed by atoms with Crippen molar-refractivity contribution in [1.82, 2.24) is 4.90 Å². The van der Waals surface area contributed by atoms with Crippen molar-refractivity contribution in [2.75, 3.05) is 0 Å². The van der Waals surface area contributed by atoms with Gasteiger partial charge in [0, 0.05) is 5.56 Å². The van der Waals surface area contributed by atoms with E-state index >= 15 is 0 Å². The number of nitrogens with zero attached hydrogens (tertiary/aromatic N) is 2. The highest BCUT2D eigenvalue weighted by Gasteiger charge is 2.33. The van der Waals surface area contributed by atoms with E-state index in [4.69, 9.17) is 9.73 Å². The summed E-state index contributed by atoms with van der Waals surface area (Å²) in [5.74, 6) is 0.681. The molecule has 0 N–H and O–H groups in total. The highest BCUT2D eigenvalue weighted by atomic mass is 32.2. The molecule has 6 aromatic rings. The van der Waals surface area contributed by atoms with E-state index < -0.39 is 0 Å². The number of hydrogen-bond donors (Lipinski definition) is 0. The molecule has 4 nitrogen and oxygen atoms in total. The van der Waals surface area contributed by atoms with E-state index in [9.17, 15) is 4.79 Å². The number of ether oxygens (including phenoxy) is 1. The topological polar surface area (TPSA) is 41.9 Å². The Balaban J connectivity index is 1.26. The Bertz CT molecular complexity index is 2010. The van der Waals surface area contributed by atoms with Crippen LogP contribution in [-0.4, -0.2) is 16.0 Å². The Labute approximate surface area is 261 Å². The molecule has 1 saturated heterocycles. The van der Waals surface area contributed by atoms with Gasteiger partial charge in [0.15, 0.2) is 5.17 Å². The molecule has 0 bridgehead atoms. The Morgan fingerprint density at radius 3 is 2.07 bits per heavy atom. The Kier molecular flexibility index (Phi) is 7.94. The summed E-state index contributed by atoms with van der Waals surface area (Å²) in [5, 5.41) is 5.18. The standard InChI is InChI=1S/C39H30N2O2S/c42-38-37(44-39(40-25-28-12-3-1-4-13-28)41(38)26-29-14-5-2-6-15-29)24-35-34-21-10-8-17-31(34)22-23-36(35)43-27-32-19-11-18-30-16-7-9-20-33(30)32/h1-24H,25-27H2/b37-24+,40-39?. The zero-order chi connectivity index (χ0) is 29.7. The molecule has 1 aliphatic rings. The second-order valence-electron chi connectivity index (χ2n) is 10.7. The lowest BCUT2D eigenvalue weighted by Gasteiger charge is -2.16. The minimum atomic E-state index is -0.0568. The first-order valence-corrected chi connectivity index (χ1v) is 15.5. The highest BCUT2D eigenvalue weighted by Crippen LogP contribution is 2.38. The fourth-order valence-corrected chi connectivity index (χ4v) is 6.49. The van der Waals surface area contributed by atoms with E-state index in [2.05, 4.69) is 72.8 Å². The molecule has 1 fully saturated rings. The van der Waals surface area contributed by atoms with Crippen molar-refractivity contribution < 1.29 is 9.53 Å². The number of carbonyl (C=O) groups excluding carboxylic acids is 1. The summed E-state index contributed by atoms with van der Waals surface area (Å²) in [7, 11) is 0. The van der Waals surface area contributed by atoms with E-state index in [0.29, 0.717) is 29.8 Å². The van der Waals surface area contributed by atoms with Gasteiger partial charge >= 0.3 is 0 Å². The summed E-state index contributed by atoms with van der Waals surface area (Å²) in [6.45, 7) is 1.38. The Hall–Kier alpha value is -5.13. The number of rotatable bonds is 8. The van der Waals surface area contributed by atoms with Crippen LogP contribution in [0.3, 0.4) is 0 Å². The maximum absolute atomic E-state index is 14.0. The number of benzene rings is 6. The van der Waals surface area contributed by atoms with Gasteiger partial charge < -0.3 is 4.74 Å². The van der Waals surface area contributed by atoms with Crippen LogP contribution in [0.4, 0.5) is 0 Å². The van der Waals surface area contributed by atoms with Crippen molar-refractivity contribution in [1.29, 1.82) is 0 Å². The van der Waals surface area contributed by atoms with Crippen LogP contribution in [-0.2, 0) is 24.5 Å². The van der Waals surface area contributed by atoms with Crippen LogP contribution in [0, 0.1) is 0 Å². The van der Waals surface area contributed by atoms with Gasteiger partial charge in [-0.05, 0) is 62.1 Å². The predicted octanol–water partition coefficient (Wildman–Crippen LogP) is 9.24. The molecule has 1 aliphatic heterocycles. The lowest BCUT2D eigenvalue weighted by Crippen LogP contribution is -2.28. The zero-order valence-corrected chi connectivity index (χ0v) is 24.9. The zero-order valence-electron chi connectivity index (χ0n) is 24.1. The molecule has 5 heteroatoms. The molecule has 7 rings (SSSR count). The lowest BCUT2D eigenvalue weighted by atomic mass is 10.0. The normalized spacial score (nSPS) is 15.1. The van der Waals surface area contributed by atoms with Crippen LogP contribution in [0.25, 0.3) is 27.6 Å². The van der Waals surface area contributed by atoms with Crippen LogP contribution < -0.4 is 4.74 Å². The summed E-state index contributed by atoms with van der Waals surface area (Å²) in [6.07, 6.45) is 1.98. The van der Waals surface area contributed by atoms with Gasteiger partial charge in [-0.15, -0.1) is 0 Å². The van der Waals surface area contributed by atoms with Crippen molar-refractivity contribution in [3.8, 4) is 5.75 Å². The second-order valence-corrected chi connectivity index (χ2v) is 11.7. The molecule has 1 heterocycles. The number of thioether (sulfide) groups is 1. The fraction of sp³-hybridized carbons (Fsp3) is 0.0769. The van der Waals surface area contributed by atoms with Gasteiger partial charge in [-0.3, -0.25) is 14.7 Å². The van der Waals surface area contributed by atoms with Crippen molar-refractivity contribution in [2.45, 2.75) is 19.7 Å². The molecular weight excluding hydrogens is 561 g/mol. The average Bonchev–Trinajstić information content (AvgIpc) is 3.37. The molecule has 0 spiro atoms. The molecule has 0 aromatic heterocycles. The maximum atomic E-state index is 14.0. The van der Waals surface area contributed by atoms with Crippen LogP contribution in [0.15, 0.2) is 149 Å². The third-order valence-electron chi connectivity index (χ3n) is 7.78. The second kappa shape index (κ2) is 12.6. The van der Waals surface area contributed by atoms with Crippen molar-refractivity contribution >= 4 is 50.5 Å². The van der Waals surface area contributed by atoms with Gasteiger partial charge in [-0.2, -0.15) is 0 Å². The Morgan fingerprint density at radius 1 is 0.659 bits per heavy atom. The largest absolute Gasteiger partial charge is 0.488 e. The van der Waals surface area contributed by atoms with E-state index in [0.717, 1.165) is 38.8 Å². The van der Waals surface area contributed by atoms with Gasteiger partial charge in [0.2, 0.25) is 0 Å². The van der Waals surface area contributed by atoms with E-state index in [1.807, 2.05) is 72.8 Å². The lowest BCUT2D eigenvalue weighted by molar-refractivity contribution is -0.122. The van der Waals surface area contributed by atoms with Crippen LogP contribution >= 0.6 is 11.8 Å². The van der Waals surface area contributed by atoms with E-state index in [1.165, 1.54) is 22.5 Å². The van der Waals surface area contributed by atoms with Gasteiger partial charge in [0.05, 0.1) is 18.0 Å². The molecule has 0 saturated carbocycles. The van der Waals surface area contributed by atoms with Gasteiger partial charge in [0.1, 0.15) is 12.4 Å². The molecule has 44 heavy (non-hydrogen) atoms. The quantitative estimate of drug-likeness (QED) is 0.166. The third kappa shape index (κ3) is 5.87. The number of amidine groups is 1. The summed E-state index contributed by atoms with van der Waals surface area (Å²) in [6, 6.07) is 47.1. The number of carbonyl (C=O) groups is 1. The summed E-state index contributed by atoms with van der Waals surface area (Å²) < 4.78 is 6.53. The molecule has 1 amide bonds. The first kappa shape index (κ1) is 27.7. The number of fused-ring (bicyclic) bond motifs is 2. The first-order chi connectivity index (χ1) is 21.7. The molecule has 6 aromatic carbocycles. The van der Waals surface area contributed by atoms with Gasteiger partial charge in [-0.1, -0.05) is 133 Å². The summed E-state index contributed by atoms with van der Waals surface area (Å²) in [5.41, 5.74) is 4.16. The molecule has 0 unspecified atom stereocenters. The molecule has 0 radical (unpaired) electrons. The smallest absolute Gasteiger partial charge is 0.267 e. The van der Waals surface area contributed by atoms with Crippen molar-refractivity contribution in [3.63, 3.8) is 0 Å². The van der Waals surface area contributed by atoms with Crippen LogP contribution in [0.2, 0.25) is 0 Å². The van der Waals surface area contributed by atoms with Gasteiger partial charge in [-0.25, -0.2) is 0 Å². The first-order valence-electron chi connectivity index (χ1n) is 14.7. The number of amides is 1. The summed E-state index contributed by atoms with van der Waals surface area (Å²) in [4.78, 5) is 21.4. The van der Waals surface area contributed by atoms with Crippen LogP contribution in [0.5, 0.6) is 5.75 Å². The van der Waals surface area contributed by atoms with Crippen molar-refractivity contribution in [3.05, 3.63) is 167 Å². The molecular formula is C39H30N2O2S. The molecule has 214 valence electrons. The number of hydrogen-bond acceptors (Lipinski definition) is 4. The highest BCUT2D eigenvalue weighted by molar-refractivity contribution is 8.18. The number of aliphatic imine (C=N–C) groups is 1. The van der Waals surface area contributed by atoms with Crippen LogP contribution in [0.1, 0.15) is 22.3 Å². The minimum Gasteiger partial charge on any atom is -0.488 e. The monoisotopic (exact) mass is 590 g/mol. The summed E-state index contributed by atoms with van der Waals surface area (Å²) >= 11 is 1.43. The fourth-order valence-electron chi connectivity index (χ4n) is 5.53. The van der Waals surface area contributed by atoms with Crippen molar-refractivity contribution in [2.24, 2.45) is 4.99 Å². The maximum Gasteiger partial charge on any atom is 0.267 e.